The van der Waals surface area contributed by atoms with E-state index >= 15 is 0 Å². The number of benzene rings is 2. The summed E-state index contributed by atoms with van der Waals surface area (Å²) in [5.74, 6) is 1.95. The lowest BCUT2D eigenvalue weighted by Crippen LogP contribution is -2.39. The minimum atomic E-state index is 0.658. The predicted octanol–water partition coefficient (Wildman–Crippen LogP) is 4.25. The number of pyridine rings is 1. The van der Waals surface area contributed by atoms with Crippen LogP contribution >= 0.6 is 0 Å². The van der Waals surface area contributed by atoms with Crippen molar-refractivity contribution in [3.63, 3.8) is 0 Å². The monoisotopic (exact) mass is 547 g/mol. The molecule has 2 saturated heterocycles. The number of rotatable bonds is 6. The molecule has 3 aromatic rings. The van der Waals surface area contributed by atoms with E-state index in [1.807, 2.05) is 24.4 Å². The largest absolute Gasteiger partial charge is 0.495 e. The van der Waals surface area contributed by atoms with Gasteiger partial charge < -0.3 is 24.0 Å². The lowest BCUT2D eigenvalue weighted by Gasteiger charge is -2.31. The normalized spacial score (nSPS) is 18.8. The first-order valence-corrected chi connectivity index (χ1v) is 14.7. The topological polar surface area (TPSA) is 53.5 Å². The first-order valence-electron chi connectivity index (χ1n) is 14.7. The Bertz CT molecular complexity index is 1230. The molecule has 2 fully saturated rings. The second-order valence-corrected chi connectivity index (χ2v) is 11.0. The van der Waals surface area contributed by atoms with E-state index in [2.05, 4.69) is 62.8 Å². The Morgan fingerprint density at radius 1 is 0.925 bits per heavy atom. The number of likely N-dealkylation sites (N-methyl/N-ethyl adjacent to an activating group) is 1. The van der Waals surface area contributed by atoms with E-state index in [9.17, 15) is 0 Å². The van der Waals surface area contributed by atoms with Crippen LogP contribution in [0, 0.1) is 6.92 Å². The van der Waals surface area contributed by atoms with Gasteiger partial charge in [0.2, 0.25) is 0 Å². The molecular weight excluding hydrogens is 502 g/mol. The van der Waals surface area contributed by atoms with Crippen LogP contribution in [0.25, 0.3) is 10.9 Å². The van der Waals surface area contributed by atoms with Crippen molar-refractivity contribution < 1.29 is 14.2 Å². The van der Waals surface area contributed by atoms with Crippen molar-refractivity contribution in [1.82, 2.24) is 19.7 Å². The van der Waals surface area contributed by atoms with Gasteiger partial charge in [0.15, 0.2) is 5.75 Å². The number of nitrogens with zero attached hydrogens (tertiary/aromatic N) is 5. The maximum Gasteiger partial charge on any atom is 0.152 e. The molecule has 1 aromatic heterocycles. The summed E-state index contributed by atoms with van der Waals surface area (Å²) < 4.78 is 16.9. The quantitative estimate of drug-likeness (QED) is 0.454. The molecule has 0 N–H and O–H groups in total. The summed E-state index contributed by atoms with van der Waals surface area (Å²) in [4.78, 5) is 14.2. The van der Waals surface area contributed by atoms with Crippen LogP contribution < -0.4 is 14.4 Å². The van der Waals surface area contributed by atoms with E-state index in [1.165, 1.54) is 41.6 Å². The molecule has 3 aliphatic rings. The average Bonchev–Trinajstić information content (AvgIpc) is 3.22. The van der Waals surface area contributed by atoms with Crippen LogP contribution in [-0.4, -0.2) is 106 Å². The van der Waals surface area contributed by atoms with Gasteiger partial charge in [0, 0.05) is 63.0 Å². The highest BCUT2D eigenvalue weighted by atomic mass is 16.5. The van der Waals surface area contributed by atoms with Gasteiger partial charge in [0.05, 0.1) is 26.0 Å². The van der Waals surface area contributed by atoms with Crippen molar-refractivity contribution in [2.75, 3.05) is 91.4 Å². The highest BCUT2D eigenvalue weighted by Crippen LogP contribution is 2.34. The zero-order chi connectivity index (χ0) is 27.7. The SMILES string of the molecule is COc1ccccc1N1CCCN(C)CC1.Cc1cc2c(c3ncccc13)OCN(CCCN1CCOCC1)C2. The molecule has 0 atom stereocenters. The first-order chi connectivity index (χ1) is 19.6. The molecule has 0 radical (unpaired) electrons. The number of methoxy groups -OCH3 is 1. The second-order valence-electron chi connectivity index (χ2n) is 11.0. The molecule has 0 unspecified atom stereocenters. The molecule has 0 aliphatic carbocycles. The van der Waals surface area contributed by atoms with Crippen molar-refractivity contribution in [1.29, 1.82) is 0 Å². The van der Waals surface area contributed by atoms with E-state index in [4.69, 9.17) is 14.2 Å². The van der Waals surface area contributed by atoms with Gasteiger partial charge >= 0.3 is 0 Å². The molecular formula is C32H45N5O3. The van der Waals surface area contributed by atoms with Crippen LogP contribution in [-0.2, 0) is 11.3 Å². The zero-order valence-corrected chi connectivity index (χ0v) is 24.5. The highest BCUT2D eigenvalue weighted by Gasteiger charge is 2.21. The van der Waals surface area contributed by atoms with Crippen LogP contribution in [0.15, 0.2) is 48.7 Å². The lowest BCUT2D eigenvalue weighted by atomic mass is 10.0. The highest BCUT2D eigenvalue weighted by molar-refractivity contribution is 5.88. The van der Waals surface area contributed by atoms with Crippen molar-refractivity contribution in [2.45, 2.75) is 26.3 Å². The summed E-state index contributed by atoms with van der Waals surface area (Å²) in [6.45, 7) is 14.4. The van der Waals surface area contributed by atoms with Crippen LogP contribution in [0.1, 0.15) is 24.0 Å². The number of fused-ring (bicyclic) bond motifs is 3. The fourth-order valence-corrected chi connectivity index (χ4v) is 5.85. The third-order valence-corrected chi connectivity index (χ3v) is 8.11. The first kappa shape index (κ1) is 28.6. The lowest BCUT2D eigenvalue weighted by molar-refractivity contribution is 0.0331. The molecule has 2 aromatic carbocycles. The number of ether oxygens (including phenoxy) is 3. The third kappa shape index (κ3) is 7.23. The maximum absolute atomic E-state index is 6.08. The Balaban J connectivity index is 0.000000176. The standard InChI is InChI=1S/C19H25N3O2.C13H20N2O/c1-15-12-16-13-22(7-3-6-21-8-10-23-11-9-21)14-24-19(16)18-17(15)4-2-5-20-18;1-14-8-5-9-15(11-10-14)12-6-3-4-7-13(12)16-2/h2,4-5,12H,3,6-11,13-14H2,1H3;3-4,6-7H,5,8-11H2,1-2H3. The Hall–Kier alpha value is -2.91. The zero-order valence-electron chi connectivity index (χ0n) is 24.5. The van der Waals surface area contributed by atoms with Gasteiger partial charge in [0.25, 0.3) is 0 Å². The molecule has 8 heteroatoms. The number of para-hydroxylation sites is 2. The van der Waals surface area contributed by atoms with E-state index in [-0.39, 0.29) is 0 Å². The summed E-state index contributed by atoms with van der Waals surface area (Å²) >= 11 is 0. The molecule has 6 rings (SSSR count). The van der Waals surface area contributed by atoms with E-state index in [1.54, 1.807) is 7.11 Å². The van der Waals surface area contributed by atoms with E-state index in [0.717, 1.165) is 82.6 Å². The molecule has 4 heterocycles. The molecule has 0 saturated carbocycles. The average molecular weight is 548 g/mol. The van der Waals surface area contributed by atoms with E-state index < -0.39 is 0 Å². The van der Waals surface area contributed by atoms with E-state index in [0.29, 0.717) is 6.73 Å². The van der Waals surface area contributed by atoms with Gasteiger partial charge in [-0.1, -0.05) is 24.3 Å². The van der Waals surface area contributed by atoms with Crippen LogP contribution in [0.3, 0.4) is 0 Å². The Morgan fingerprint density at radius 3 is 2.60 bits per heavy atom. The molecule has 0 spiro atoms. The van der Waals surface area contributed by atoms with Crippen molar-refractivity contribution >= 4 is 16.6 Å². The smallest absolute Gasteiger partial charge is 0.152 e. The fraction of sp³-hybridized carbons (Fsp3) is 0.531. The molecule has 0 amide bonds. The summed E-state index contributed by atoms with van der Waals surface area (Å²) in [5.41, 5.74) is 4.76. The number of morpholine rings is 1. The summed E-state index contributed by atoms with van der Waals surface area (Å²) in [5, 5.41) is 1.19. The van der Waals surface area contributed by atoms with Crippen LogP contribution in [0.4, 0.5) is 5.69 Å². The number of aromatic nitrogens is 1. The molecule has 216 valence electrons. The van der Waals surface area contributed by atoms with Crippen LogP contribution in [0.5, 0.6) is 11.5 Å². The number of hydrogen-bond donors (Lipinski definition) is 0. The molecule has 8 nitrogen and oxygen atoms in total. The van der Waals surface area contributed by atoms with Gasteiger partial charge in [-0.15, -0.1) is 0 Å². The molecule has 3 aliphatic heterocycles. The Labute approximate surface area is 239 Å². The maximum atomic E-state index is 6.08. The van der Waals surface area contributed by atoms with Crippen LogP contribution in [0.2, 0.25) is 0 Å². The number of anilines is 1. The number of aryl methyl sites for hydroxylation is 1. The van der Waals surface area contributed by atoms with Crippen molar-refractivity contribution in [3.8, 4) is 11.5 Å². The molecule has 40 heavy (non-hydrogen) atoms. The van der Waals surface area contributed by atoms with Gasteiger partial charge in [-0.3, -0.25) is 14.8 Å². The van der Waals surface area contributed by atoms with Gasteiger partial charge in [0.1, 0.15) is 18.0 Å². The third-order valence-electron chi connectivity index (χ3n) is 8.11. The van der Waals surface area contributed by atoms with Gasteiger partial charge in [-0.05, 0) is 63.7 Å². The van der Waals surface area contributed by atoms with Crippen molar-refractivity contribution in [3.05, 3.63) is 59.8 Å². The predicted molar refractivity (Wildman–Crippen MR) is 162 cm³/mol. The Morgan fingerprint density at radius 2 is 1.75 bits per heavy atom. The summed E-state index contributed by atoms with van der Waals surface area (Å²) in [6, 6.07) is 14.6. The second kappa shape index (κ2) is 14.1. The Kier molecular flexibility index (Phi) is 10.1. The van der Waals surface area contributed by atoms with Gasteiger partial charge in [-0.2, -0.15) is 0 Å². The minimum Gasteiger partial charge on any atom is -0.495 e. The fourth-order valence-electron chi connectivity index (χ4n) is 5.85. The minimum absolute atomic E-state index is 0.658. The van der Waals surface area contributed by atoms with Crippen molar-refractivity contribution in [2.24, 2.45) is 0 Å². The summed E-state index contributed by atoms with van der Waals surface area (Å²) in [7, 11) is 3.93. The van der Waals surface area contributed by atoms with Gasteiger partial charge in [-0.25, -0.2) is 0 Å². The molecule has 0 bridgehead atoms. The number of hydrogen-bond acceptors (Lipinski definition) is 8. The summed E-state index contributed by atoms with van der Waals surface area (Å²) in [6.07, 6.45) is 4.23.